The molecule has 0 bridgehead atoms. The molecule has 3 atom stereocenters. The highest BCUT2D eigenvalue weighted by molar-refractivity contribution is 5.71. The first-order valence-electron chi connectivity index (χ1n) is 5.91. The molecule has 86 valence electrons. The summed E-state index contributed by atoms with van der Waals surface area (Å²) in [7, 11) is 0. The molecule has 1 saturated heterocycles. The quantitative estimate of drug-likeness (QED) is 0.774. The number of nitrogens with zero attached hydrogens (tertiary/aromatic N) is 1. The maximum absolute atomic E-state index is 11.0. The molecule has 1 heterocycles. The van der Waals surface area contributed by atoms with Crippen LogP contribution in [0.25, 0.3) is 0 Å². The molecule has 1 aliphatic heterocycles. The summed E-state index contributed by atoms with van der Waals surface area (Å²) in [6.07, 6.45) is 2.60. The summed E-state index contributed by atoms with van der Waals surface area (Å²) in [5, 5.41) is 9.07. The van der Waals surface area contributed by atoms with E-state index >= 15 is 0 Å². The third kappa shape index (κ3) is 1.89. The van der Waals surface area contributed by atoms with Crippen LogP contribution in [0.3, 0.4) is 0 Å². The van der Waals surface area contributed by atoms with Crippen molar-refractivity contribution in [3.63, 3.8) is 0 Å². The number of carboxylic acids is 1. The molecule has 1 N–H and O–H groups in total. The van der Waals surface area contributed by atoms with Crippen LogP contribution in [0.4, 0.5) is 0 Å². The van der Waals surface area contributed by atoms with E-state index in [-0.39, 0.29) is 5.92 Å². The normalized spacial score (nSPS) is 36.5. The molecule has 0 aromatic rings. The van der Waals surface area contributed by atoms with Crippen molar-refractivity contribution < 1.29 is 9.90 Å². The molecule has 0 spiro atoms. The van der Waals surface area contributed by atoms with Gasteiger partial charge in [-0.2, -0.15) is 0 Å². The molecule has 3 nitrogen and oxygen atoms in total. The van der Waals surface area contributed by atoms with E-state index in [9.17, 15) is 4.79 Å². The van der Waals surface area contributed by atoms with Crippen LogP contribution < -0.4 is 0 Å². The fraction of sp³-hybridized carbons (Fsp3) is 0.917. The van der Waals surface area contributed by atoms with Gasteiger partial charge in [0.05, 0.1) is 5.92 Å². The number of carboxylic acid groups (broad SMARTS) is 1. The molecule has 0 amide bonds. The summed E-state index contributed by atoms with van der Waals surface area (Å²) in [6.45, 7) is 8.32. The van der Waals surface area contributed by atoms with E-state index in [0.717, 1.165) is 13.1 Å². The van der Waals surface area contributed by atoms with Crippen molar-refractivity contribution in [2.75, 3.05) is 13.1 Å². The average Bonchev–Trinajstić information content (AvgIpc) is 2.77. The highest BCUT2D eigenvalue weighted by Gasteiger charge is 2.48. The minimum atomic E-state index is -0.627. The molecule has 0 aromatic heterocycles. The summed E-state index contributed by atoms with van der Waals surface area (Å²) in [6, 6.07) is 0.546. The third-order valence-corrected chi connectivity index (χ3v) is 4.55. The van der Waals surface area contributed by atoms with Gasteiger partial charge < -0.3 is 5.11 Å². The van der Waals surface area contributed by atoms with Gasteiger partial charge in [-0.3, -0.25) is 9.69 Å². The summed E-state index contributed by atoms with van der Waals surface area (Å²) >= 11 is 0. The Labute approximate surface area is 91.5 Å². The largest absolute Gasteiger partial charge is 0.481 e. The predicted molar refractivity (Wildman–Crippen MR) is 58.7 cm³/mol. The summed E-state index contributed by atoms with van der Waals surface area (Å²) < 4.78 is 0. The maximum atomic E-state index is 11.0. The van der Waals surface area contributed by atoms with Gasteiger partial charge >= 0.3 is 5.97 Å². The van der Waals surface area contributed by atoms with Crippen LogP contribution in [0.2, 0.25) is 0 Å². The Balaban J connectivity index is 1.99. The molecule has 2 fully saturated rings. The van der Waals surface area contributed by atoms with Gasteiger partial charge in [0, 0.05) is 19.1 Å². The Kier molecular flexibility index (Phi) is 2.53. The monoisotopic (exact) mass is 211 g/mol. The van der Waals surface area contributed by atoms with E-state index in [1.165, 1.54) is 12.8 Å². The smallest absolute Gasteiger partial charge is 0.308 e. The second-order valence-corrected chi connectivity index (χ2v) is 5.71. The van der Waals surface area contributed by atoms with Crippen molar-refractivity contribution in [2.24, 2.45) is 17.3 Å². The Hall–Kier alpha value is -0.570. The number of hydrogen-bond acceptors (Lipinski definition) is 2. The first-order chi connectivity index (χ1) is 6.94. The zero-order valence-corrected chi connectivity index (χ0v) is 9.86. The number of aliphatic carboxylic acids is 1. The molecule has 3 unspecified atom stereocenters. The van der Waals surface area contributed by atoms with Gasteiger partial charge in [0.1, 0.15) is 0 Å². The molecular formula is C12H21NO2. The fourth-order valence-electron chi connectivity index (χ4n) is 2.70. The van der Waals surface area contributed by atoms with Gasteiger partial charge in [0.15, 0.2) is 0 Å². The summed E-state index contributed by atoms with van der Waals surface area (Å²) in [5.41, 5.74) is 0.465. The SMILES string of the molecule is CC1CN(C(C)C2(C)CC2)CC1C(=O)O. The lowest BCUT2D eigenvalue weighted by molar-refractivity contribution is -0.142. The van der Waals surface area contributed by atoms with Crippen LogP contribution >= 0.6 is 0 Å². The van der Waals surface area contributed by atoms with Gasteiger partial charge in [0.2, 0.25) is 0 Å². The lowest BCUT2D eigenvalue weighted by Crippen LogP contribution is -2.37. The number of carbonyl (C=O) groups is 1. The number of likely N-dealkylation sites (tertiary alicyclic amines) is 1. The van der Waals surface area contributed by atoms with Crippen molar-refractivity contribution in [1.82, 2.24) is 4.90 Å². The van der Waals surface area contributed by atoms with Crippen molar-refractivity contribution >= 4 is 5.97 Å². The van der Waals surface area contributed by atoms with Gasteiger partial charge in [-0.1, -0.05) is 13.8 Å². The predicted octanol–water partition coefficient (Wildman–Crippen LogP) is 1.83. The number of rotatable bonds is 3. The van der Waals surface area contributed by atoms with E-state index in [1.807, 2.05) is 0 Å². The van der Waals surface area contributed by atoms with Gasteiger partial charge in [-0.25, -0.2) is 0 Å². The molecule has 0 radical (unpaired) electrons. The van der Waals surface area contributed by atoms with E-state index < -0.39 is 5.97 Å². The lowest BCUT2D eigenvalue weighted by Gasteiger charge is -2.29. The molecule has 1 saturated carbocycles. The first kappa shape index (κ1) is 10.9. The van der Waals surface area contributed by atoms with Gasteiger partial charge in [0.25, 0.3) is 0 Å². The summed E-state index contributed by atoms with van der Waals surface area (Å²) in [5.74, 6) is -0.486. The van der Waals surface area contributed by atoms with Crippen molar-refractivity contribution in [2.45, 2.75) is 39.7 Å². The second kappa shape index (κ2) is 3.48. The van der Waals surface area contributed by atoms with Crippen LogP contribution in [0, 0.1) is 17.3 Å². The maximum Gasteiger partial charge on any atom is 0.308 e. The standard InChI is InChI=1S/C12H21NO2/c1-8-6-13(7-10(8)11(14)15)9(2)12(3)4-5-12/h8-10H,4-7H2,1-3H3,(H,14,15). The molecular weight excluding hydrogens is 190 g/mol. The highest BCUT2D eigenvalue weighted by Crippen LogP contribution is 2.50. The Morgan fingerprint density at radius 2 is 2.07 bits per heavy atom. The van der Waals surface area contributed by atoms with Crippen molar-refractivity contribution in [3.05, 3.63) is 0 Å². The van der Waals surface area contributed by atoms with Gasteiger partial charge in [-0.15, -0.1) is 0 Å². The topological polar surface area (TPSA) is 40.5 Å². The first-order valence-corrected chi connectivity index (χ1v) is 5.91. The van der Waals surface area contributed by atoms with Crippen LogP contribution in [0.5, 0.6) is 0 Å². The molecule has 1 aliphatic carbocycles. The lowest BCUT2D eigenvalue weighted by atomic mass is 9.99. The molecule has 0 aromatic carbocycles. The molecule has 2 aliphatic rings. The molecule has 3 heteroatoms. The minimum Gasteiger partial charge on any atom is -0.481 e. The van der Waals surface area contributed by atoms with E-state index in [4.69, 9.17) is 5.11 Å². The van der Waals surface area contributed by atoms with Crippen LogP contribution in [-0.4, -0.2) is 35.1 Å². The zero-order valence-electron chi connectivity index (χ0n) is 9.86. The highest BCUT2D eigenvalue weighted by atomic mass is 16.4. The zero-order chi connectivity index (χ0) is 11.2. The van der Waals surface area contributed by atoms with E-state index in [2.05, 4.69) is 25.7 Å². The molecule has 15 heavy (non-hydrogen) atoms. The Morgan fingerprint density at radius 3 is 2.47 bits per heavy atom. The number of hydrogen-bond donors (Lipinski definition) is 1. The van der Waals surface area contributed by atoms with Crippen molar-refractivity contribution in [1.29, 1.82) is 0 Å². The summed E-state index contributed by atoms with van der Waals surface area (Å²) in [4.78, 5) is 13.4. The van der Waals surface area contributed by atoms with Crippen LogP contribution in [-0.2, 0) is 4.79 Å². The van der Waals surface area contributed by atoms with Crippen LogP contribution in [0.1, 0.15) is 33.6 Å². The van der Waals surface area contributed by atoms with E-state index in [0.29, 0.717) is 17.4 Å². The van der Waals surface area contributed by atoms with Crippen molar-refractivity contribution in [3.8, 4) is 0 Å². The third-order valence-electron chi connectivity index (χ3n) is 4.55. The second-order valence-electron chi connectivity index (χ2n) is 5.71. The Morgan fingerprint density at radius 1 is 1.47 bits per heavy atom. The van der Waals surface area contributed by atoms with Gasteiger partial charge in [-0.05, 0) is 31.1 Å². The molecule has 2 rings (SSSR count). The van der Waals surface area contributed by atoms with Crippen LogP contribution in [0.15, 0.2) is 0 Å². The fourth-order valence-corrected chi connectivity index (χ4v) is 2.70. The average molecular weight is 211 g/mol. The van der Waals surface area contributed by atoms with E-state index in [1.54, 1.807) is 0 Å². The Bertz CT molecular complexity index is 273. The minimum absolute atomic E-state index is 0.158.